The Bertz CT molecular complexity index is 1410. The highest BCUT2D eigenvalue weighted by molar-refractivity contribution is 7.99. The van der Waals surface area contributed by atoms with Gasteiger partial charge in [0.05, 0.1) is 24.6 Å². The lowest BCUT2D eigenvalue weighted by molar-refractivity contribution is -0.137. The third kappa shape index (κ3) is 6.49. The molecule has 0 spiro atoms. The largest absolute Gasteiger partial charge is 0.497 e. The van der Waals surface area contributed by atoms with Crippen molar-refractivity contribution in [1.29, 1.82) is 0 Å². The maximum Gasteiger partial charge on any atom is 0.417 e. The fourth-order valence-corrected chi connectivity index (χ4v) is 4.19. The SMILES string of the molecule is COc1ccc(-c2nnc(SCC(=O)N/N=C/c3ccccc3C(F)(F)F)n2-c2ccc(Cl)cc2)cc1. The van der Waals surface area contributed by atoms with Gasteiger partial charge in [-0.1, -0.05) is 41.6 Å². The van der Waals surface area contributed by atoms with E-state index in [4.69, 9.17) is 16.3 Å². The van der Waals surface area contributed by atoms with Crippen LogP contribution in [-0.4, -0.2) is 39.7 Å². The number of nitrogens with zero attached hydrogens (tertiary/aromatic N) is 4. The second-order valence-electron chi connectivity index (χ2n) is 7.51. The van der Waals surface area contributed by atoms with E-state index < -0.39 is 17.6 Å². The van der Waals surface area contributed by atoms with Crippen molar-refractivity contribution in [3.63, 3.8) is 0 Å². The van der Waals surface area contributed by atoms with Gasteiger partial charge in [0.2, 0.25) is 0 Å². The first-order chi connectivity index (χ1) is 17.8. The lowest BCUT2D eigenvalue weighted by atomic mass is 10.1. The maximum atomic E-state index is 13.1. The number of benzene rings is 3. The summed E-state index contributed by atoms with van der Waals surface area (Å²) in [5.41, 5.74) is 2.75. The molecule has 0 saturated carbocycles. The molecule has 1 N–H and O–H groups in total. The fraction of sp³-hybridized carbons (Fsp3) is 0.120. The fourth-order valence-electron chi connectivity index (χ4n) is 3.32. The van der Waals surface area contributed by atoms with Gasteiger partial charge in [0.25, 0.3) is 5.91 Å². The van der Waals surface area contributed by atoms with Crippen LogP contribution in [0.15, 0.2) is 83.1 Å². The molecule has 0 radical (unpaired) electrons. The number of hydrazone groups is 1. The summed E-state index contributed by atoms with van der Waals surface area (Å²) in [5, 5.41) is 13.2. The van der Waals surface area contributed by atoms with Gasteiger partial charge in [-0.25, -0.2) is 5.43 Å². The molecular weight excluding hydrogens is 527 g/mol. The number of hydrogen-bond donors (Lipinski definition) is 1. The van der Waals surface area contributed by atoms with Crippen LogP contribution in [0.1, 0.15) is 11.1 Å². The van der Waals surface area contributed by atoms with Crippen molar-refractivity contribution in [3.05, 3.63) is 88.9 Å². The Balaban J connectivity index is 1.51. The molecule has 1 amide bonds. The van der Waals surface area contributed by atoms with Crippen molar-refractivity contribution in [2.75, 3.05) is 12.9 Å². The Kier molecular flexibility index (Phi) is 8.14. The standard InChI is InChI=1S/C25H19ClF3N5O2S/c1-36-20-12-6-16(7-13-20)23-32-33-24(34(23)19-10-8-18(26)9-11-19)37-15-22(35)31-30-14-17-4-2-3-5-21(17)25(27,28)29/h2-14H,15H2,1H3,(H,31,35)/b30-14+. The number of alkyl halides is 3. The number of carbonyl (C=O) groups is 1. The van der Waals surface area contributed by atoms with E-state index in [-0.39, 0.29) is 11.3 Å². The third-order valence-electron chi connectivity index (χ3n) is 5.06. The zero-order chi connectivity index (χ0) is 26.4. The van der Waals surface area contributed by atoms with Crippen molar-refractivity contribution in [3.8, 4) is 22.8 Å². The number of nitrogens with one attached hydrogen (secondary N) is 1. The Morgan fingerprint density at radius 1 is 1.08 bits per heavy atom. The summed E-state index contributed by atoms with van der Waals surface area (Å²) in [5.74, 6) is 0.593. The molecule has 0 aliphatic rings. The van der Waals surface area contributed by atoms with E-state index in [0.29, 0.717) is 21.8 Å². The predicted octanol–water partition coefficient (Wildman–Crippen LogP) is 5.86. The van der Waals surface area contributed by atoms with Gasteiger partial charge in [0.15, 0.2) is 11.0 Å². The molecule has 0 bridgehead atoms. The lowest BCUT2D eigenvalue weighted by Crippen LogP contribution is -2.20. The molecular formula is C25H19ClF3N5O2S. The Labute approximate surface area is 219 Å². The molecule has 0 fully saturated rings. The molecule has 190 valence electrons. The average Bonchev–Trinajstić information content (AvgIpc) is 3.31. The van der Waals surface area contributed by atoms with Crippen molar-refractivity contribution >= 4 is 35.5 Å². The van der Waals surface area contributed by atoms with Crippen molar-refractivity contribution in [2.45, 2.75) is 11.3 Å². The van der Waals surface area contributed by atoms with Gasteiger partial charge in [-0.15, -0.1) is 10.2 Å². The lowest BCUT2D eigenvalue weighted by Gasteiger charge is -2.11. The molecule has 1 aromatic heterocycles. The summed E-state index contributed by atoms with van der Waals surface area (Å²) < 4.78 is 46.4. The second-order valence-corrected chi connectivity index (χ2v) is 8.89. The summed E-state index contributed by atoms with van der Waals surface area (Å²) in [7, 11) is 1.57. The van der Waals surface area contributed by atoms with Crippen LogP contribution in [-0.2, 0) is 11.0 Å². The predicted molar refractivity (Wildman–Crippen MR) is 136 cm³/mol. The van der Waals surface area contributed by atoms with E-state index in [1.54, 1.807) is 48.1 Å². The summed E-state index contributed by atoms with van der Waals surface area (Å²) in [6.45, 7) is 0. The van der Waals surface area contributed by atoms with Gasteiger partial charge < -0.3 is 4.74 Å². The summed E-state index contributed by atoms with van der Waals surface area (Å²) in [6.07, 6.45) is -3.57. The number of hydrogen-bond acceptors (Lipinski definition) is 6. The van der Waals surface area contributed by atoms with Gasteiger partial charge in [-0.2, -0.15) is 18.3 Å². The molecule has 4 rings (SSSR count). The van der Waals surface area contributed by atoms with Crippen molar-refractivity contribution in [2.24, 2.45) is 5.10 Å². The number of rotatable bonds is 8. The van der Waals surface area contributed by atoms with Gasteiger partial charge in [0.1, 0.15) is 5.75 Å². The molecule has 0 atom stereocenters. The van der Waals surface area contributed by atoms with Crippen molar-refractivity contribution in [1.82, 2.24) is 20.2 Å². The van der Waals surface area contributed by atoms with Crippen LogP contribution in [0.4, 0.5) is 13.2 Å². The normalized spacial score (nSPS) is 11.6. The van der Waals surface area contributed by atoms with Crippen LogP contribution < -0.4 is 10.2 Å². The minimum Gasteiger partial charge on any atom is -0.497 e. The molecule has 37 heavy (non-hydrogen) atoms. The molecule has 12 heteroatoms. The third-order valence-corrected chi connectivity index (χ3v) is 6.24. The minimum absolute atomic E-state index is 0.105. The van der Waals surface area contributed by atoms with Crippen LogP contribution >= 0.6 is 23.4 Å². The van der Waals surface area contributed by atoms with E-state index in [2.05, 4.69) is 20.7 Å². The smallest absolute Gasteiger partial charge is 0.417 e. The molecule has 0 unspecified atom stereocenters. The van der Waals surface area contributed by atoms with Gasteiger partial charge in [0, 0.05) is 21.8 Å². The molecule has 0 aliphatic carbocycles. The number of ether oxygens (including phenoxy) is 1. The topological polar surface area (TPSA) is 81.4 Å². The average molecular weight is 546 g/mol. The molecule has 3 aromatic carbocycles. The maximum absolute atomic E-state index is 13.1. The molecule has 4 aromatic rings. The minimum atomic E-state index is -4.53. The molecule has 7 nitrogen and oxygen atoms in total. The van der Waals surface area contributed by atoms with Crippen molar-refractivity contribution < 1.29 is 22.7 Å². The highest BCUT2D eigenvalue weighted by atomic mass is 35.5. The number of carbonyl (C=O) groups excluding carboxylic acids is 1. The van der Waals surface area contributed by atoms with Gasteiger partial charge in [-0.3, -0.25) is 9.36 Å². The highest BCUT2D eigenvalue weighted by Crippen LogP contribution is 2.31. The van der Waals surface area contributed by atoms with E-state index in [1.165, 1.54) is 18.2 Å². The van der Waals surface area contributed by atoms with Crippen LogP contribution in [0, 0.1) is 0 Å². The van der Waals surface area contributed by atoms with E-state index in [9.17, 15) is 18.0 Å². The highest BCUT2D eigenvalue weighted by Gasteiger charge is 2.32. The first-order valence-electron chi connectivity index (χ1n) is 10.7. The van der Waals surface area contributed by atoms with Crippen LogP contribution in [0.2, 0.25) is 5.02 Å². The first kappa shape index (κ1) is 26.2. The monoisotopic (exact) mass is 545 g/mol. The Morgan fingerprint density at radius 2 is 1.78 bits per heavy atom. The Morgan fingerprint density at radius 3 is 2.46 bits per heavy atom. The summed E-state index contributed by atoms with van der Waals surface area (Å²) >= 11 is 7.14. The first-order valence-corrected chi connectivity index (χ1v) is 12.1. The van der Waals surface area contributed by atoms with E-state index >= 15 is 0 Å². The van der Waals surface area contributed by atoms with E-state index in [1.807, 2.05) is 12.1 Å². The number of methoxy groups -OCH3 is 1. The van der Waals surface area contributed by atoms with Crippen LogP contribution in [0.5, 0.6) is 5.75 Å². The summed E-state index contributed by atoms with van der Waals surface area (Å²) in [6, 6.07) is 19.3. The van der Waals surface area contributed by atoms with Gasteiger partial charge in [-0.05, 0) is 54.6 Å². The molecule has 0 saturated heterocycles. The quantitative estimate of drug-likeness (QED) is 0.170. The molecule has 1 heterocycles. The number of amides is 1. The second kappa shape index (κ2) is 11.5. The van der Waals surface area contributed by atoms with Crippen LogP contribution in [0.3, 0.4) is 0 Å². The summed E-state index contributed by atoms with van der Waals surface area (Å²) in [4.78, 5) is 12.4. The van der Waals surface area contributed by atoms with Crippen LogP contribution in [0.25, 0.3) is 17.1 Å². The molecule has 0 aliphatic heterocycles. The zero-order valence-electron chi connectivity index (χ0n) is 19.2. The number of thioether (sulfide) groups is 1. The number of halogens is 4. The zero-order valence-corrected chi connectivity index (χ0v) is 20.8. The Hall–Kier alpha value is -3.83. The van der Waals surface area contributed by atoms with Gasteiger partial charge >= 0.3 is 6.18 Å². The number of aromatic nitrogens is 3. The van der Waals surface area contributed by atoms with E-state index in [0.717, 1.165) is 35.3 Å².